The SMILES string of the molecule is C[C@@H]1OCCNC1C(=O)O. The average Bonchev–Trinajstić information content (AvgIpc) is 1.88. The third-order valence-corrected chi connectivity index (χ3v) is 1.58. The van der Waals surface area contributed by atoms with E-state index < -0.39 is 12.0 Å². The third kappa shape index (κ3) is 1.46. The van der Waals surface area contributed by atoms with E-state index in [0.717, 1.165) is 0 Å². The van der Waals surface area contributed by atoms with Crippen molar-refractivity contribution in [3.8, 4) is 0 Å². The molecule has 0 saturated carbocycles. The minimum absolute atomic E-state index is 0.216. The Kier molecular flexibility index (Phi) is 2.24. The van der Waals surface area contributed by atoms with Gasteiger partial charge in [0, 0.05) is 6.54 Å². The zero-order valence-corrected chi connectivity index (χ0v) is 5.83. The van der Waals surface area contributed by atoms with Crippen LogP contribution in [0.2, 0.25) is 0 Å². The van der Waals surface area contributed by atoms with Crippen LogP contribution in [0.25, 0.3) is 0 Å². The summed E-state index contributed by atoms with van der Waals surface area (Å²) in [6.07, 6.45) is -0.216. The molecule has 0 aromatic carbocycles. The Morgan fingerprint density at radius 2 is 2.50 bits per heavy atom. The molecule has 4 nitrogen and oxygen atoms in total. The number of rotatable bonds is 1. The first-order valence-corrected chi connectivity index (χ1v) is 3.29. The van der Waals surface area contributed by atoms with E-state index in [9.17, 15) is 4.79 Å². The summed E-state index contributed by atoms with van der Waals surface area (Å²) in [5.41, 5.74) is 0. The van der Waals surface area contributed by atoms with Gasteiger partial charge in [0.25, 0.3) is 0 Å². The monoisotopic (exact) mass is 145 g/mol. The highest BCUT2D eigenvalue weighted by atomic mass is 16.5. The standard InChI is InChI=1S/C6H11NO3/c1-4-5(6(8)9)7-2-3-10-4/h4-5,7H,2-3H2,1H3,(H,8,9)/t4-,5?/m0/s1. The van der Waals surface area contributed by atoms with Gasteiger partial charge in [0.1, 0.15) is 6.04 Å². The largest absolute Gasteiger partial charge is 0.480 e. The van der Waals surface area contributed by atoms with Gasteiger partial charge < -0.3 is 9.84 Å². The summed E-state index contributed by atoms with van der Waals surface area (Å²) in [6.45, 7) is 2.98. The van der Waals surface area contributed by atoms with E-state index in [1.807, 2.05) is 0 Å². The lowest BCUT2D eigenvalue weighted by Crippen LogP contribution is -2.51. The second-order valence-corrected chi connectivity index (χ2v) is 2.35. The summed E-state index contributed by atoms with van der Waals surface area (Å²) in [5, 5.41) is 11.4. The van der Waals surface area contributed by atoms with Gasteiger partial charge in [0.15, 0.2) is 0 Å². The van der Waals surface area contributed by atoms with E-state index in [4.69, 9.17) is 9.84 Å². The highest BCUT2D eigenvalue weighted by Crippen LogP contribution is 2.02. The summed E-state index contributed by atoms with van der Waals surface area (Å²) < 4.78 is 5.11. The van der Waals surface area contributed by atoms with Gasteiger partial charge in [-0.1, -0.05) is 0 Å². The Balaban J connectivity index is 2.47. The quantitative estimate of drug-likeness (QED) is 0.519. The molecule has 1 fully saturated rings. The first-order valence-electron chi connectivity index (χ1n) is 3.29. The van der Waals surface area contributed by atoms with Gasteiger partial charge in [-0.2, -0.15) is 0 Å². The molecule has 0 spiro atoms. The minimum Gasteiger partial charge on any atom is -0.480 e. The maximum absolute atomic E-state index is 10.4. The number of carboxylic acids is 1. The Labute approximate surface area is 59.2 Å². The number of carboxylic acid groups (broad SMARTS) is 1. The molecule has 1 saturated heterocycles. The zero-order valence-electron chi connectivity index (χ0n) is 5.83. The Bertz CT molecular complexity index is 137. The van der Waals surface area contributed by atoms with Gasteiger partial charge >= 0.3 is 5.97 Å². The molecule has 10 heavy (non-hydrogen) atoms. The van der Waals surface area contributed by atoms with E-state index in [2.05, 4.69) is 5.32 Å². The maximum atomic E-state index is 10.4. The maximum Gasteiger partial charge on any atom is 0.323 e. The van der Waals surface area contributed by atoms with Crippen molar-refractivity contribution >= 4 is 5.97 Å². The molecule has 0 aromatic rings. The number of carbonyl (C=O) groups is 1. The minimum atomic E-state index is -0.841. The number of morpholine rings is 1. The van der Waals surface area contributed by atoms with Crippen LogP contribution < -0.4 is 5.32 Å². The van der Waals surface area contributed by atoms with Gasteiger partial charge in [0.2, 0.25) is 0 Å². The molecule has 1 aliphatic heterocycles. The van der Waals surface area contributed by atoms with Crippen LogP contribution in [0.4, 0.5) is 0 Å². The molecule has 4 heteroatoms. The molecule has 2 N–H and O–H groups in total. The molecular formula is C6H11NO3. The van der Waals surface area contributed by atoms with Crippen LogP contribution in [0.1, 0.15) is 6.92 Å². The van der Waals surface area contributed by atoms with Crippen molar-refractivity contribution in [1.82, 2.24) is 5.32 Å². The Morgan fingerprint density at radius 3 is 2.90 bits per heavy atom. The second-order valence-electron chi connectivity index (χ2n) is 2.35. The summed E-state index contributed by atoms with van der Waals surface area (Å²) >= 11 is 0. The van der Waals surface area contributed by atoms with Crippen LogP contribution in [0.5, 0.6) is 0 Å². The van der Waals surface area contributed by atoms with E-state index in [-0.39, 0.29) is 6.10 Å². The number of aliphatic carboxylic acids is 1. The Hall–Kier alpha value is -0.610. The molecule has 0 amide bonds. The predicted octanol–water partition coefficient (Wildman–Crippen LogP) is -0.552. The lowest BCUT2D eigenvalue weighted by atomic mass is 10.1. The van der Waals surface area contributed by atoms with Crippen LogP contribution >= 0.6 is 0 Å². The summed E-state index contributed by atoms with van der Waals surface area (Å²) in [4.78, 5) is 10.4. The van der Waals surface area contributed by atoms with Gasteiger partial charge in [-0.3, -0.25) is 10.1 Å². The zero-order chi connectivity index (χ0) is 7.56. The molecule has 2 atom stereocenters. The van der Waals surface area contributed by atoms with Gasteiger partial charge in [0.05, 0.1) is 12.7 Å². The predicted molar refractivity (Wildman–Crippen MR) is 34.8 cm³/mol. The summed E-state index contributed by atoms with van der Waals surface area (Å²) in [6, 6.07) is -0.534. The molecule has 0 aliphatic carbocycles. The summed E-state index contributed by atoms with van der Waals surface area (Å²) in [7, 11) is 0. The topological polar surface area (TPSA) is 58.6 Å². The molecule has 0 aromatic heterocycles. The number of hydrogen-bond acceptors (Lipinski definition) is 3. The van der Waals surface area contributed by atoms with E-state index in [0.29, 0.717) is 13.2 Å². The van der Waals surface area contributed by atoms with E-state index in [1.54, 1.807) is 6.92 Å². The molecular weight excluding hydrogens is 134 g/mol. The fraction of sp³-hybridized carbons (Fsp3) is 0.833. The molecule has 58 valence electrons. The lowest BCUT2D eigenvalue weighted by molar-refractivity contribution is -0.145. The second kappa shape index (κ2) is 2.98. The number of hydrogen-bond donors (Lipinski definition) is 2. The van der Waals surface area contributed by atoms with Gasteiger partial charge in [-0.25, -0.2) is 0 Å². The van der Waals surface area contributed by atoms with Crippen molar-refractivity contribution in [2.75, 3.05) is 13.2 Å². The number of ether oxygens (including phenoxy) is 1. The van der Waals surface area contributed by atoms with Crippen molar-refractivity contribution in [2.24, 2.45) is 0 Å². The fourth-order valence-corrected chi connectivity index (χ4v) is 1.01. The number of nitrogens with one attached hydrogen (secondary N) is 1. The van der Waals surface area contributed by atoms with Crippen LogP contribution in [-0.4, -0.2) is 36.4 Å². The molecule has 0 radical (unpaired) electrons. The smallest absolute Gasteiger partial charge is 0.323 e. The van der Waals surface area contributed by atoms with Crippen molar-refractivity contribution in [1.29, 1.82) is 0 Å². The first kappa shape index (κ1) is 7.50. The van der Waals surface area contributed by atoms with Crippen molar-refractivity contribution < 1.29 is 14.6 Å². The van der Waals surface area contributed by atoms with Gasteiger partial charge in [-0.15, -0.1) is 0 Å². The Morgan fingerprint density at radius 1 is 1.80 bits per heavy atom. The highest BCUT2D eigenvalue weighted by Gasteiger charge is 2.27. The van der Waals surface area contributed by atoms with Crippen molar-refractivity contribution in [3.63, 3.8) is 0 Å². The van der Waals surface area contributed by atoms with Crippen LogP contribution in [0, 0.1) is 0 Å². The van der Waals surface area contributed by atoms with Crippen molar-refractivity contribution in [3.05, 3.63) is 0 Å². The lowest BCUT2D eigenvalue weighted by Gasteiger charge is -2.26. The average molecular weight is 145 g/mol. The van der Waals surface area contributed by atoms with E-state index >= 15 is 0 Å². The van der Waals surface area contributed by atoms with Gasteiger partial charge in [-0.05, 0) is 6.92 Å². The molecule has 1 rings (SSSR count). The third-order valence-electron chi connectivity index (χ3n) is 1.58. The summed E-state index contributed by atoms with van der Waals surface area (Å²) in [5.74, 6) is -0.841. The first-order chi connectivity index (χ1) is 4.72. The molecule has 1 aliphatic rings. The van der Waals surface area contributed by atoms with Crippen LogP contribution in [0.15, 0.2) is 0 Å². The molecule has 1 heterocycles. The molecule has 1 unspecified atom stereocenters. The normalized spacial score (nSPS) is 33.7. The fourth-order valence-electron chi connectivity index (χ4n) is 1.01. The van der Waals surface area contributed by atoms with Crippen molar-refractivity contribution in [2.45, 2.75) is 19.1 Å². The highest BCUT2D eigenvalue weighted by molar-refractivity contribution is 5.74. The van der Waals surface area contributed by atoms with Crippen LogP contribution in [0.3, 0.4) is 0 Å². The van der Waals surface area contributed by atoms with Crippen LogP contribution in [-0.2, 0) is 9.53 Å². The molecule has 0 bridgehead atoms. The van der Waals surface area contributed by atoms with E-state index in [1.165, 1.54) is 0 Å².